The maximum absolute atomic E-state index is 13.2. The van der Waals surface area contributed by atoms with Gasteiger partial charge in [-0.2, -0.15) is 0 Å². The van der Waals surface area contributed by atoms with E-state index in [1.807, 2.05) is 30.3 Å². The molecular formula is C25H27N5O6. The number of aromatic amines is 1. The van der Waals surface area contributed by atoms with Gasteiger partial charge in [-0.1, -0.05) is 30.3 Å². The number of nitrogens with one attached hydrogen (secondary N) is 2. The fraction of sp³-hybridized carbons (Fsp3) is 0.280. The number of carbonyl (C=O) groups is 2. The largest absolute Gasteiger partial charge is 0.484 e. The molecule has 2 heterocycles. The Labute approximate surface area is 206 Å². The number of hydrogen-bond acceptors (Lipinski definition) is 7. The Morgan fingerprint density at radius 2 is 1.89 bits per heavy atom. The Bertz CT molecular complexity index is 1380. The number of aryl methyl sites for hydroxylation is 1. The molecule has 0 bridgehead atoms. The van der Waals surface area contributed by atoms with Gasteiger partial charge in [0.25, 0.3) is 11.5 Å². The summed E-state index contributed by atoms with van der Waals surface area (Å²) in [6, 6.07) is 14.3. The molecule has 0 spiro atoms. The summed E-state index contributed by atoms with van der Waals surface area (Å²) in [6.07, 6.45) is 0.946. The van der Waals surface area contributed by atoms with Gasteiger partial charge in [0.15, 0.2) is 12.3 Å². The Kier molecular flexibility index (Phi) is 7.50. The van der Waals surface area contributed by atoms with Crippen LogP contribution >= 0.6 is 0 Å². The number of rotatable bonds is 9. The second-order valence-corrected chi connectivity index (χ2v) is 8.26. The van der Waals surface area contributed by atoms with Crippen LogP contribution in [-0.2, 0) is 27.3 Å². The van der Waals surface area contributed by atoms with Crippen molar-refractivity contribution in [2.75, 3.05) is 42.8 Å². The summed E-state index contributed by atoms with van der Waals surface area (Å²) in [4.78, 5) is 53.5. The number of nitrogens with two attached hydrogens (primary N) is 1. The minimum absolute atomic E-state index is 0.0196. The Balaban J connectivity index is 1.59. The lowest BCUT2D eigenvalue weighted by molar-refractivity contribution is -0.120. The van der Waals surface area contributed by atoms with Crippen LogP contribution in [0.5, 0.6) is 5.75 Å². The second kappa shape index (κ2) is 10.9. The van der Waals surface area contributed by atoms with E-state index in [0.717, 1.165) is 16.0 Å². The molecule has 1 aliphatic heterocycles. The van der Waals surface area contributed by atoms with Crippen molar-refractivity contribution in [1.29, 1.82) is 0 Å². The van der Waals surface area contributed by atoms with Crippen molar-refractivity contribution in [2.24, 2.45) is 0 Å². The number of fused-ring (bicyclic) bond motifs is 1. The average molecular weight is 494 g/mol. The third-order valence-corrected chi connectivity index (χ3v) is 5.82. The SMILES string of the molecule is COCCN(C(=O)COc1ccc2c(c1)CCC(=O)N2)c1c(N)n(Cc2ccccc2)c(=O)[nH]c1=O. The molecule has 0 radical (unpaired) electrons. The van der Waals surface area contributed by atoms with E-state index in [1.54, 1.807) is 18.2 Å². The normalized spacial score (nSPS) is 12.5. The highest BCUT2D eigenvalue weighted by Gasteiger charge is 2.25. The molecule has 3 aromatic rings. The van der Waals surface area contributed by atoms with E-state index in [9.17, 15) is 19.2 Å². The maximum Gasteiger partial charge on any atom is 0.330 e. The van der Waals surface area contributed by atoms with Gasteiger partial charge in [-0.15, -0.1) is 0 Å². The van der Waals surface area contributed by atoms with Crippen LogP contribution in [0, 0.1) is 0 Å². The molecule has 0 saturated heterocycles. The lowest BCUT2D eigenvalue weighted by Gasteiger charge is -2.24. The van der Waals surface area contributed by atoms with E-state index in [0.29, 0.717) is 24.3 Å². The molecule has 0 atom stereocenters. The number of carbonyl (C=O) groups excluding carboxylic acids is 2. The van der Waals surface area contributed by atoms with Gasteiger partial charge in [0.2, 0.25) is 5.91 Å². The highest BCUT2D eigenvalue weighted by Crippen LogP contribution is 2.27. The number of anilines is 3. The van der Waals surface area contributed by atoms with Crippen molar-refractivity contribution in [1.82, 2.24) is 9.55 Å². The zero-order valence-electron chi connectivity index (χ0n) is 19.8. The highest BCUT2D eigenvalue weighted by molar-refractivity contribution is 5.96. The van der Waals surface area contributed by atoms with Crippen LogP contribution in [0.15, 0.2) is 58.1 Å². The van der Waals surface area contributed by atoms with Gasteiger partial charge < -0.3 is 20.5 Å². The van der Waals surface area contributed by atoms with Crippen LogP contribution < -0.4 is 31.9 Å². The summed E-state index contributed by atoms with van der Waals surface area (Å²) in [5.74, 6) is -0.279. The fourth-order valence-electron chi connectivity index (χ4n) is 3.98. The lowest BCUT2D eigenvalue weighted by atomic mass is 10.0. The van der Waals surface area contributed by atoms with Gasteiger partial charge in [0.05, 0.1) is 13.2 Å². The monoisotopic (exact) mass is 493 g/mol. The molecule has 4 rings (SSSR count). The highest BCUT2D eigenvalue weighted by atomic mass is 16.5. The molecule has 0 saturated carbocycles. The molecule has 1 aliphatic rings. The summed E-state index contributed by atoms with van der Waals surface area (Å²) in [5, 5.41) is 2.79. The number of methoxy groups -OCH3 is 1. The smallest absolute Gasteiger partial charge is 0.330 e. The number of ether oxygens (including phenoxy) is 2. The van der Waals surface area contributed by atoms with Crippen molar-refractivity contribution in [3.05, 3.63) is 80.5 Å². The second-order valence-electron chi connectivity index (χ2n) is 8.26. The Hall–Kier alpha value is -4.38. The summed E-state index contributed by atoms with van der Waals surface area (Å²) < 4.78 is 12.0. The van der Waals surface area contributed by atoms with Crippen molar-refractivity contribution in [3.8, 4) is 5.75 Å². The van der Waals surface area contributed by atoms with Crippen LogP contribution in [-0.4, -0.2) is 48.2 Å². The third kappa shape index (κ3) is 5.47. The van der Waals surface area contributed by atoms with Gasteiger partial charge in [0.1, 0.15) is 11.6 Å². The van der Waals surface area contributed by atoms with E-state index in [-0.39, 0.29) is 43.7 Å². The minimum atomic E-state index is -0.782. The first-order valence-electron chi connectivity index (χ1n) is 11.4. The molecule has 2 amide bonds. The molecule has 11 nitrogen and oxygen atoms in total. The predicted molar refractivity (Wildman–Crippen MR) is 134 cm³/mol. The third-order valence-electron chi connectivity index (χ3n) is 5.82. The van der Waals surface area contributed by atoms with Gasteiger partial charge in [0, 0.05) is 25.8 Å². The van der Waals surface area contributed by atoms with Crippen LogP contribution in [0.3, 0.4) is 0 Å². The molecular weight excluding hydrogens is 466 g/mol. The first kappa shape index (κ1) is 24.7. The van der Waals surface area contributed by atoms with Gasteiger partial charge in [-0.3, -0.25) is 28.8 Å². The standard InChI is InChI=1S/C25H27N5O6/c1-35-12-11-29(21(32)15-36-18-8-9-19-17(13-18)7-10-20(31)27-19)22-23(26)30(25(34)28-24(22)33)14-16-5-3-2-4-6-16/h2-6,8-9,13H,7,10-12,14-15,26H2,1H3,(H,27,31)(H,28,33,34). The molecule has 0 aliphatic carbocycles. The number of aromatic nitrogens is 2. The summed E-state index contributed by atoms with van der Waals surface area (Å²) in [5.41, 5.74) is 7.08. The molecule has 0 unspecified atom stereocenters. The molecule has 4 N–H and O–H groups in total. The van der Waals surface area contributed by atoms with E-state index in [2.05, 4.69) is 10.3 Å². The molecule has 2 aromatic carbocycles. The van der Waals surface area contributed by atoms with Gasteiger partial charge in [-0.25, -0.2) is 4.79 Å². The molecule has 1 aromatic heterocycles. The summed E-state index contributed by atoms with van der Waals surface area (Å²) in [7, 11) is 1.47. The number of amides is 2. The van der Waals surface area contributed by atoms with Crippen molar-refractivity contribution >= 4 is 29.0 Å². The topological polar surface area (TPSA) is 149 Å². The first-order valence-corrected chi connectivity index (χ1v) is 11.4. The number of hydrogen-bond donors (Lipinski definition) is 3. The number of nitrogens with zero attached hydrogens (tertiary/aromatic N) is 2. The van der Waals surface area contributed by atoms with Crippen molar-refractivity contribution in [3.63, 3.8) is 0 Å². The minimum Gasteiger partial charge on any atom is -0.484 e. The summed E-state index contributed by atoms with van der Waals surface area (Å²) in [6.45, 7) is -0.123. The Morgan fingerprint density at radius 3 is 2.64 bits per heavy atom. The predicted octanol–water partition coefficient (Wildman–Crippen LogP) is 1.11. The molecule has 188 valence electrons. The quantitative estimate of drug-likeness (QED) is 0.404. The van der Waals surface area contributed by atoms with Gasteiger partial charge >= 0.3 is 5.69 Å². The first-order chi connectivity index (χ1) is 17.4. The van der Waals surface area contributed by atoms with E-state index < -0.39 is 17.2 Å². The van der Waals surface area contributed by atoms with Crippen LogP contribution in [0.25, 0.3) is 0 Å². The maximum atomic E-state index is 13.2. The average Bonchev–Trinajstić information content (AvgIpc) is 2.87. The number of nitrogen functional groups attached to an aromatic ring is 1. The van der Waals surface area contributed by atoms with Gasteiger partial charge in [-0.05, 0) is 35.7 Å². The lowest BCUT2D eigenvalue weighted by Crippen LogP contribution is -2.44. The van der Waals surface area contributed by atoms with Crippen molar-refractivity contribution < 1.29 is 19.1 Å². The Morgan fingerprint density at radius 1 is 1.11 bits per heavy atom. The van der Waals surface area contributed by atoms with Crippen LogP contribution in [0.2, 0.25) is 0 Å². The summed E-state index contributed by atoms with van der Waals surface area (Å²) >= 11 is 0. The van der Waals surface area contributed by atoms with E-state index in [4.69, 9.17) is 15.2 Å². The number of benzene rings is 2. The van der Waals surface area contributed by atoms with Crippen LogP contribution in [0.1, 0.15) is 17.5 Å². The molecule has 0 fully saturated rings. The zero-order valence-corrected chi connectivity index (χ0v) is 19.8. The van der Waals surface area contributed by atoms with Crippen LogP contribution in [0.4, 0.5) is 17.2 Å². The molecule has 36 heavy (non-hydrogen) atoms. The fourth-order valence-corrected chi connectivity index (χ4v) is 3.98. The van der Waals surface area contributed by atoms with E-state index >= 15 is 0 Å². The number of H-pyrrole nitrogens is 1. The zero-order chi connectivity index (χ0) is 25.7. The van der Waals surface area contributed by atoms with Crippen molar-refractivity contribution in [2.45, 2.75) is 19.4 Å². The molecule has 11 heteroatoms. The van der Waals surface area contributed by atoms with E-state index in [1.165, 1.54) is 11.7 Å².